The third kappa shape index (κ3) is 1.99. The van der Waals surface area contributed by atoms with Gasteiger partial charge in [0.1, 0.15) is 0 Å². The molecule has 0 fully saturated rings. The Morgan fingerprint density at radius 1 is 1.38 bits per heavy atom. The van der Waals surface area contributed by atoms with Crippen LogP contribution >= 0.6 is 11.6 Å². The minimum atomic E-state index is -0.883. The maximum absolute atomic E-state index is 10.6. The van der Waals surface area contributed by atoms with E-state index in [0.717, 1.165) is 16.5 Å². The summed E-state index contributed by atoms with van der Waals surface area (Å²) in [4.78, 5) is 14.9. The van der Waals surface area contributed by atoms with Crippen LogP contribution in [0.1, 0.15) is 11.3 Å². The van der Waals surface area contributed by atoms with Crippen LogP contribution in [0.25, 0.3) is 10.9 Å². The predicted octanol–water partition coefficient (Wildman–Crippen LogP) is 2.82. The van der Waals surface area contributed by atoms with Crippen molar-refractivity contribution in [2.24, 2.45) is 0 Å². The molecule has 16 heavy (non-hydrogen) atoms. The number of benzene rings is 1. The molecule has 3 nitrogen and oxygen atoms in total. The van der Waals surface area contributed by atoms with Gasteiger partial charge in [0.2, 0.25) is 0 Å². The first-order valence-electron chi connectivity index (χ1n) is 4.84. The van der Waals surface area contributed by atoms with E-state index in [1.165, 1.54) is 0 Å². The Balaban J connectivity index is 2.59. The van der Waals surface area contributed by atoms with Crippen LogP contribution < -0.4 is 0 Å². The van der Waals surface area contributed by atoms with Gasteiger partial charge in [0.05, 0.1) is 17.6 Å². The van der Waals surface area contributed by atoms with E-state index in [1.54, 1.807) is 6.07 Å². The second kappa shape index (κ2) is 4.10. The lowest BCUT2D eigenvalue weighted by Gasteiger charge is -2.05. The van der Waals surface area contributed by atoms with Gasteiger partial charge in [-0.25, -0.2) is 0 Å². The Kier molecular flexibility index (Phi) is 2.79. The third-order valence-corrected chi connectivity index (χ3v) is 2.85. The molecule has 82 valence electrons. The molecule has 4 heteroatoms. The fourth-order valence-electron chi connectivity index (χ4n) is 1.60. The molecule has 2 rings (SSSR count). The molecule has 0 aliphatic heterocycles. The van der Waals surface area contributed by atoms with Crippen molar-refractivity contribution in [3.05, 3.63) is 40.5 Å². The molecule has 0 amide bonds. The van der Waals surface area contributed by atoms with Crippen LogP contribution in [0.5, 0.6) is 0 Å². The molecular weight excluding hydrogens is 226 g/mol. The number of hydrogen-bond acceptors (Lipinski definition) is 2. The lowest BCUT2D eigenvalue weighted by atomic mass is 10.1. The number of rotatable bonds is 2. The zero-order valence-corrected chi connectivity index (χ0v) is 9.45. The topological polar surface area (TPSA) is 50.2 Å². The van der Waals surface area contributed by atoms with E-state index in [9.17, 15) is 4.79 Å². The molecule has 0 unspecified atom stereocenters. The summed E-state index contributed by atoms with van der Waals surface area (Å²) in [6.45, 7) is 1.88. The van der Waals surface area contributed by atoms with E-state index in [4.69, 9.17) is 16.7 Å². The van der Waals surface area contributed by atoms with Crippen LogP contribution in [0, 0.1) is 6.92 Å². The largest absolute Gasteiger partial charge is 0.481 e. The second-order valence-corrected chi connectivity index (χ2v) is 4.02. The molecule has 0 spiro atoms. The van der Waals surface area contributed by atoms with Gasteiger partial charge in [-0.1, -0.05) is 23.7 Å². The van der Waals surface area contributed by atoms with E-state index in [2.05, 4.69) is 4.98 Å². The van der Waals surface area contributed by atoms with Crippen molar-refractivity contribution in [3.63, 3.8) is 0 Å². The maximum atomic E-state index is 10.6. The van der Waals surface area contributed by atoms with E-state index < -0.39 is 5.97 Å². The average Bonchev–Trinajstić information content (AvgIpc) is 2.23. The molecule has 1 N–H and O–H groups in total. The van der Waals surface area contributed by atoms with Gasteiger partial charge in [-0.2, -0.15) is 0 Å². The quantitative estimate of drug-likeness (QED) is 0.871. The van der Waals surface area contributed by atoms with Crippen molar-refractivity contribution in [2.75, 3.05) is 0 Å². The number of nitrogens with zero attached hydrogens (tertiary/aromatic N) is 1. The van der Waals surface area contributed by atoms with Crippen molar-refractivity contribution in [1.82, 2.24) is 4.98 Å². The molecule has 1 heterocycles. The number of carboxylic acid groups (broad SMARTS) is 1. The first kappa shape index (κ1) is 10.9. The van der Waals surface area contributed by atoms with E-state index in [-0.39, 0.29) is 6.42 Å². The van der Waals surface area contributed by atoms with Gasteiger partial charge in [0.25, 0.3) is 0 Å². The minimum Gasteiger partial charge on any atom is -0.481 e. The van der Waals surface area contributed by atoms with E-state index in [1.807, 2.05) is 25.1 Å². The zero-order valence-electron chi connectivity index (χ0n) is 8.70. The lowest BCUT2D eigenvalue weighted by Crippen LogP contribution is -2.02. The number of aromatic nitrogens is 1. The fraction of sp³-hybridized carbons (Fsp3) is 0.167. The SMILES string of the molecule is Cc1c(Cl)ccc2ccc(CC(=O)O)nc12. The van der Waals surface area contributed by atoms with Crippen molar-refractivity contribution >= 4 is 28.5 Å². The first-order chi connectivity index (χ1) is 7.58. The van der Waals surface area contributed by atoms with Gasteiger partial charge in [-0.3, -0.25) is 9.78 Å². The summed E-state index contributed by atoms with van der Waals surface area (Å²) in [5, 5.41) is 10.3. The van der Waals surface area contributed by atoms with Crippen LogP contribution in [-0.4, -0.2) is 16.1 Å². The molecular formula is C12H10ClNO2. The van der Waals surface area contributed by atoms with Crippen LogP contribution in [0.4, 0.5) is 0 Å². The number of carboxylic acids is 1. The Labute approximate surface area is 97.7 Å². The first-order valence-corrected chi connectivity index (χ1v) is 5.22. The molecule has 0 aliphatic carbocycles. The summed E-state index contributed by atoms with van der Waals surface area (Å²) in [6.07, 6.45) is -0.0676. The smallest absolute Gasteiger partial charge is 0.309 e. The van der Waals surface area contributed by atoms with Crippen LogP contribution in [-0.2, 0) is 11.2 Å². The number of hydrogen-bond donors (Lipinski definition) is 1. The van der Waals surface area contributed by atoms with Gasteiger partial charge in [-0.05, 0) is 24.6 Å². The number of pyridine rings is 1. The number of aliphatic carboxylic acids is 1. The summed E-state index contributed by atoms with van der Waals surface area (Å²) >= 11 is 5.99. The number of halogens is 1. The van der Waals surface area contributed by atoms with Gasteiger partial charge in [-0.15, -0.1) is 0 Å². The van der Waals surface area contributed by atoms with Gasteiger partial charge >= 0.3 is 5.97 Å². The monoisotopic (exact) mass is 235 g/mol. The molecule has 0 aliphatic rings. The Hall–Kier alpha value is -1.61. The van der Waals surface area contributed by atoms with Crippen LogP contribution in [0.15, 0.2) is 24.3 Å². The van der Waals surface area contributed by atoms with Gasteiger partial charge in [0.15, 0.2) is 0 Å². The van der Waals surface area contributed by atoms with Crippen molar-refractivity contribution in [3.8, 4) is 0 Å². The molecule has 0 atom stereocenters. The lowest BCUT2D eigenvalue weighted by molar-refractivity contribution is -0.136. The highest BCUT2D eigenvalue weighted by molar-refractivity contribution is 6.32. The second-order valence-electron chi connectivity index (χ2n) is 3.62. The van der Waals surface area contributed by atoms with Gasteiger partial charge in [0, 0.05) is 10.4 Å². The summed E-state index contributed by atoms with van der Waals surface area (Å²) in [6, 6.07) is 7.29. The van der Waals surface area contributed by atoms with Gasteiger partial charge < -0.3 is 5.11 Å². The Bertz CT molecular complexity index is 566. The molecule has 2 aromatic rings. The van der Waals surface area contributed by atoms with Crippen molar-refractivity contribution in [2.45, 2.75) is 13.3 Å². The maximum Gasteiger partial charge on any atom is 0.309 e. The highest BCUT2D eigenvalue weighted by Gasteiger charge is 2.06. The number of fused-ring (bicyclic) bond motifs is 1. The summed E-state index contributed by atoms with van der Waals surface area (Å²) in [7, 11) is 0. The predicted molar refractivity (Wildman–Crippen MR) is 62.8 cm³/mol. The summed E-state index contributed by atoms with van der Waals surface area (Å²) in [5.74, 6) is -0.883. The molecule has 0 bridgehead atoms. The average molecular weight is 236 g/mol. The standard InChI is InChI=1S/C12H10ClNO2/c1-7-10(13)5-3-8-2-4-9(6-11(15)16)14-12(7)8/h2-5H,6H2,1H3,(H,15,16). The van der Waals surface area contributed by atoms with E-state index >= 15 is 0 Å². The number of aryl methyl sites for hydroxylation is 1. The molecule has 1 aromatic heterocycles. The molecule has 0 saturated carbocycles. The van der Waals surface area contributed by atoms with Crippen LogP contribution in [0.3, 0.4) is 0 Å². The fourth-order valence-corrected chi connectivity index (χ4v) is 1.75. The van der Waals surface area contributed by atoms with Crippen molar-refractivity contribution in [1.29, 1.82) is 0 Å². The summed E-state index contributed by atoms with van der Waals surface area (Å²) < 4.78 is 0. The third-order valence-electron chi connectivity index (χ3n) is 2.44. The molecule has 0 saturated heterocycles. The molecule has 0 radical (unpaired) electrons. The number of carbonyl (C=O) groups is 1. The van der Waals surface area contributed by atoms with E-state index in [0.29, 0.717) is 10.7 Å². The summed E-state index contributed by atoms with van der Waals surface area (Å²) in [5.41, 5.74) is 2.20. The Morgan fingerprint density at radius 3 is 2.75 bits per heavy atom. The minimum absolute atomic E-state index is 0.0676. The molecule has 1 aromatic carbocycles. The van der Waals surface area contributed by atoms with Crippen molar-refractivity contribution < 1.29 is 9.90 Å². The highest BCUT2D eigenvalue weighted by Crippen LogP contribution is 2.23. The normalized spacial score (nSPS) is 10.6. The Morgan fingerprint density at radius 2 is 2.06 bits per heavy atom. The highest BCUT2D eigenvalue weighted by atomic mass is 35.5. The van der Waals surface area contributed by atoms with Crippen LogP contribution in [0.2, 0.25) is 5.02 Å². The zero-order chi connectivity index (χ0) is 11.7.